The van der Waals surface area contributed by atoms with Crippen molar-refractivity contribution in [3.05, 3.63) is 40.8 Å². The minimum atomic E-state index is -2.54. The Balaban J connectivity index is 1.33. The van der Waals surface area contributed by atoms with E-state index in [1.807, 2.05) is 0 Å². The Hall–Kier alpha value is -2.53. The van der Waals surface area contributed by atoms with Crippen molar-refractivity contribution in [1.29, 1.82) is 4.78 Å². The van der Waals surface area contributed by atoms with Gasteiger partial charge in [0.2, 0.25) is 5.82 Å². The van der Waals surface area contributed by atoms with Gasteiger partial charge >= 0.3 is 0 Å². The van der Waals surface area contributed by atoms with Crippen molar-refractivity contribution in [3.8, 4) is 0 Å². The molecule has 2 aromatic rings. The highest BCUT2D eigenvalue weighted by molar-refractivity contribution is 7.91. The lowest BCUT2D eigenvalue weighted by Crippen LogP contribution is -2.35. The predicted molar refractivity (Wildman–Crippen MR) is 107 cm³/mol. The summed E-state index contributed by atoms with van der Waals surface area (Å²) in [7, 11) is -2.54. The number of amidine groups is 1. The molecule has 160 valence electrons. The molecule has 0 saturated heterocycles. The smallest absolute Gasteiger partial charge is 0.202 e. The topological polar surface area (TPSA) is 136 Å². The Morgan fingerprint density at radius 3 is 2.97 bits per heavy atom. The van der Waals surface area contributed by atoms with Crippen LogP contribution in [0.5, 0.6) is 0 Å². The van der Waals surface area contributed by atoms with Gasteiger partial charge in [0.05, 0.1) is 6.04 Å². The molecular formula is C19H23FN6O3S. The maximum absolute atomic E-state index is 13.5. The molecule has 3 fully saturated rings. The number of hydrogen-bond donors (Lipinski definition) is 4. The van der Waals surface area contributed by atoms with E-state index in [4.69, 9.17) is 9.41 Å². The van der Waals surface area contributed by atoms with E-state index >= 15 is 0 Å². The molecule has 3 atom stereocenters. The Kier molecular flexibility index (Phi) is 4.37. The second kappa shape index (κ2) is 6.74. The first-order valence-electron chi connectivity index (χ1n) is 9.82. The average Bonchev–Trinajstić information content (AvgIpc) is 3.30. The number of aliphatic imine (C=N–C) groups is 1. The quantitative estimate of drug-likeness (QED) is 0.311. The zero-order valence-corrected chi connectivity index (χ0v) is 17.2. The van der Waals surface area contributed by atoms with Crippen molar-refractivity contribution in [2.75, 3.05) is 17.3 Å². The zero-order chi connectivity index (χ0) is 21.1. The third kappa shape index (κ3) is 3.35. The molecule has 11 heteroatoms. The summed E-state index contributed by atoms with van der Waals surface area (Å²) in [5.74, 6) is 0.975. The number of aromatic nitrogens is 2. The van der Waals surface area contributed by atoms with Crippen molar-refractivity contribution in [2.45, 2.75) is 37.8 Å². The van der Waals surface area contributed by atoms with E-state index in [2.05, 4.69) is 26.1 Å². The van der Waals surface area contributed by atoms with Crippen LogP contribution in [0.1, 0.15) is 42.1 Å². The van der Waals surface area contributed by atoms with E-state index < -0.39 is 9.73 Å². The van der Waals surface area contributed by atoms with E-state index in [0.29, 0.717) is 23.9 Å². The largest absolute Gasteiger partial charge is 0.362 e. The number of benzene rings is 1. The molecule has 0 spiro atoms. The second-order valence-electron chi connectivity index (χ2n) is 8.89. The van der Waals surface area contributed by atoms with E-state index in [1.165, 1.54) is 18.4 Å². The van der Waals surface area contributed by atoms with Gasteiger partial charge in [-0.25, -0.2) is 9.02 Å². The van der Waals surface area contributed by atoms with Crippen LogP contribution < -0.4 is 10.8 Å². The van der Waals surface area contributed by atoms with Crippen LogP contribution in [0.15, 0.2) is 27.8 Å². The van der Waals surface area contributed by atoms with Gasteiger partial charge in [0.15, 0.2) is 11.5 Å². The number of hydrogen-bond acceptors (Lipinski definition) is 8. The van der Waals surface area contributed by atoms with Crippen molar-refractivity contribution >= 4 is 21.4 Å². The third-order valence-corrected chi connectivity index (χ3v) is 7.66. The Morgan fingerprint density at radius 1 is 1.43 bits per heavy atom. The van der Waals surface area contributed by atoms with Gasteiger partial charge in [-0.15, -0.1) is 0 Å². The van der Waals surface area contributed by atoms with Crippen LogP contribution in [0.3, 0.4) is 0 Å². The SMILES string of the molecule is CS(=N)(=O)CC12CC(C1)C(Nc1nonc1C(=N[C@@H]1Cc3ccc(F)cc31)NO)C2. The summed E-state index contributed by atoms with van der Waals surface area (Å²) >= 11 is 0. The number of halogens is 1. The molecule has 4 aliphatic rings. The molecule has 0 aliphatic heterocycles. The molecule has 1 aromatic carbocycles. The molecule has 4 N–H and O–H groups in total. The number of rotatable bonds is 6. The summed E-state index contributed by atoms with van der Waals surface area (Å²) in [5, 5.41) is 20.8. The number of nitrogens with zero attached hydrogens (tertiary/aromatic N) is 3. The van der Waals surface area contributed by atoms with E-state index in [1.54, 1.807) is 6.07 Å². The molecule has 6 rings (SSSR count). The third-order valence-electron chi connectivity index (χ3n) is 6.50. The molecule has 4 aliphatic carbocycles. The van der Waals surface area contributed by atoms with Crippen LogP contribution in [-0.4, -0.2) is 43.6 Å². The predicted octanol–water partition coefficient (Wildman–Crippen LogP) is 2.49. The van der Waals surface area contributed by atoms with Gasteiger partial charge in [0.25, 0.3) is 0 Å². The number of anilines is 1. The zero-order valence-electron chi connectivity index (χ0n) is 16.4. The highest BCUT2D eigenvalue weighted by Gasteiger charge is 2.56. The minimum absolute atomic E-state index is 0.0426. The first-order valence-corrected chi connectivity index (χ1v) is 12.0. The van der Waals surface area contributed by atoms with Gasteiger partial charge in [-0.1, -0.05) is 6.07 Å². The summed E-state index contributed by atoms with van der Waals surface area (Å²) in [4.78, 5) is 4.48. The summed E-state index contributed by atoms with van der Waals surface area (Å²) in [5.41, 5.74) is 4.08. The van der Waals surface area contributed by atoms with Gasteiger partial charge < -0.3 is 5.32 Å². The average molecular weight is 434 g/mol. The van der Waals surface area contributed by atoms with E-state index in [0.717, 1.165) is 30.4 Å². The Morgan fingerprint density at radius 2 is 2.23 bits per heavy atom. The summed E-state index contributed by atoms with van der Waals surface area (Å²) in [6.07, 6.45) is 4.83. The van der Waals surface area contributed by atoms with Gasteiger partial charge in [0, 0.05) is 27.8 Å². The fourth-order valence-corrected chi connectivity index (χ4v) is 6.87. The van der Waals surface area contributed by atoms with Crippen molar-refractivity contribution < 1.29 is 18.4 Å². The molecule has 1 aromatic heterocycles. The molecule has 0 amide bonds. The fourth-order valence-electron chi connectivity index (χ4n) is 5.34. The highest BCUT2D eigenvalue weighted by Crippen LogP contribution is 2.60. The number of hydroxylamine groups is 1. The maximum Gasteiger partial charge on any atom is 0.202 e. The van der Waals surface area contributed by atoms with Crippen LogP contribution in [0, 0.1) is 21.9 Å². The molecule has 9 nitrogen and oxygen atoms in total. The maximum atomic E-state index is 13.5. The lowest BCUT2D eigenvalue weighted by atomic mass is 9.71. The van der Waals surface area contributed by atoms with Gasteiger partial charge in [-0.3, -0.25) is 24.7 Å². The summed E-state index contributed by atoms with van der Waals surface area (Å²) in [6.45, 7) is 0. The lowest BCUT2D eigenvalue weighted by molar-refractivity contribution is 0.174. The van der Waals surface area contributed by atoms with E-state index in [-0.39, 0.29) is 34.8 Å². The second-order valence-corrected chi connectivity index (χ2v) is 11.2. The first kappa shape index (κ1) is 19.4. The molecule has 2 unspecified atom stereocenters. The number of nitrogens with one attached hydrogen (secondary N) is 3. The monoisotopic (exact) mass is 434 g/mol. The van der Waals surface area contributed by atoms with Crippen molar-refractivity contribution in [1.82, 2.24) is 15.8 Å². The molecule has 30 heavy (non-hydrogen) atoms. The molecule has 3 saturated carbocycles. The van der Waals surface area contributed by atoms with Gasteiger partial charge in [-0.2, -0.15) is 0 Å². The summed E-state index contributed by atoms with van der Waals surface area (Å²) in [6, 6.07) is 4.43. The van der Waals surface area contributed by atoms with Crippen LogP contribution >= 0.6 is 0 Å². The Labute approximate surface area is 173 Å². The minimum Gasteiger partial charge on any atom is -0.362 e. The summed E-state index contributed by atoms with van der Waals surface area (Å²) < 4.78 is 38.1. The van der Waals surface area contributed by atoms with Crippen molar-refractivity contribution in [3.63, 3.8) is 0 Å². The molecular weight excluding hydrogens is 411 g/mol. The first-order chi connectivity index (χ1) is 14.3. The highest BCUT2D eigenvalue weighted by atomic mass is 32.2. The van der Waals surface area contributed by atoms with Crippen LogP contribution in [-0.2, 0) is 16.1 Å². The Bertz CT molecular complexity index is 1130. The fraction of sp³-hybridized carbons (Fsp3) is 0.526. The lowest BCUT2D eigenvalue weighted by Gasteiger charge is -2.38. The van der Waals surface area contributed by atoms with E-state index in [9.17, 15) is 13.8 Å². The van der Waals surface area contributed by atoms with Gasteiger partial charge in [-0.05, 0) is 70.6 Å². The standard InChI is InChI=1S/C19H23FN6O3S/c1-30(21,28)9-19-6-11(7-19)15(8-19)23-18-16(25-29-26-18)17(24-27)22-14-4-10-2-3-12(20)5-13(10)14/h2-3,5,11,14-15,21,27H,4,6-9H2,1H3,(H,22,24)(H,23,26)/t11?,14-,15?,19?,30?/m1/s1. The van der Waals surface area contributed by atoms with Crippen LogP contribution in [0.2, 0.25) is 0 Å². The number of fused-ring (bicyclic) bond motifs is 2. The van der Waals surface area contributed by atoms with Gasteiger partial charge in [0.1, 0.15) is 5.82 Å². The van der Waals surface area contributed by atoms with Crippen LogP contribution in [0.25, 0.3) is 0 Å². The normalized spacial score (nSPS) is 31.3. The van der Waals surface area contributed by atoms with Crippen molar-refractivity contribution in [2.24, 2.45) is 16.3 Å². The molecule has 1 heterocycles. The van der Waals surface area contributed by atoms with Crippen LogP contribution in [0.4, 0.5) is 10.2 Å². The molecule has 2 bridgehead atoms. The molecule has 0 radical (unpaired) electrons.